The SMILES string of the molecule is CCOCC(C)Nc1cccc(-n2cccc2)c1. The predicted octanol–water partition coefficient (Wildman–Crippen LogP) is 3.31. The number of nitrogens with one attached hydrogen (secondary N) is 1. The fourth-order valence-corrected chi connectivity index (χ4v) is 1.88. The number of nitrogens with zero attached hydrogens (tertiary/aromatic N) is 1. The smallest absolute Gasteiger partial charge is 0.0664 e. The summed E-state index contributed by atoms with van der Waals surface area (Å²) >= 11 is 0. The summed E-state index contributed by atoms with van der Waals surface area (Å²) in [4.78, 5) is 0. The third-order valence-corrected chi connectivity index (χ3v) is 2.73. The summed E-state index contributed by atoms with van der Waals surface area (Å²) in [6.07, 6.45) is 4.09. The highest BCUT2D eigenvalue weighted by Crippen LogP contribution is 2.15. The molecule has 18 heavy (non-hydrogen) atoms. The Bertz CT molecular complexity index is 465. The molecule has 1 aromatic carbocycles. The van der Waals surface area contributed by atoms with Crippen LogP contribution in [0.5, 0.6) is 0 Å². The monoisotopic (exact) mass is 244 g/mol. The largest absolute Gasteiger partial charge is 0.380 e. The molecule has 2 rings (SSSR count). The van der Waals surface area contributed by atoms with Crippen LogP contribution >= 0.6 is 0 Å². The quantitative estimate of drug-likeness (QED) is 0.843. The zero-order valence-electron chi connectivity index (χ0n) is 11.0. The Morgan fingerprint density at radius 3 is 2.72 bits per heavy atom. The van der Waals surface area contributed by atoms with Gasteiger partial charge in [0.1, 0.15) is 0 Å². The molecule has 0 bridgehead atoms. The number of ether oxygens (including phenoxy) is 1. The standard InChI is InChI=1S/C15H20N2O/c1-3-18-12-13(2)16-14-7-6-8-15(11-14)17-9-4-5-10-17/h4-11,13,16H,3,12H2,1-2H3. The van der Waals surface area contributed by atoms with Crippen molar-refractivity contribution in [2.45, 2.75) is 19.9 Å². The highest BCUT2D eigenvalue weighted by molar-refractivity contribution is 5.51. The summed E-state index contributed by atoms with van der Waals surface area (Å²) in [5, 5.41) is 3.44. The third kappa shape index (κ3) is 3.37. The molecule has 1 atom stereocenters. The van der Waals surface area contributed by atoms with E-state index in [0.717, 1.165) is 24.6 Å². The molecule has 3 heteroatoms. The first-order chi connectivity index (χ1) is 8.79. The van der Waals surface area contributed by atoms with Crippen LogP contribution in [-0.2, 0) is 4.74 Å². The van der Waals surface area contributed by atoms with E-state index in [-0.39, 0.29) is 0 Å². The van der Waals surface area contributed by atoms with E-state index in [0.29, 0.717) is 6.04 Å². The van der Waals surface area contributed by atoms with Crippen LogP contribution in [0.15, 0.2) is 48.8 Å². The molecule has 0 aliphatic rings. The summed E-state index contributed by atoms with van der Waals surface area (Å²) in [5.74, 6) is 0. The molecule has 0 radical (unpaired) electrons. The van der Waals surface area contributed by atoms with Crippen molar-refractivity contribution < 1.29 is 4.74 Å². The van der Waals surface area contributed by atoms with Crippen molar-refractivity contribution >= 4 is 5.69 Å². The van der Waals surface area contributed by atoms with E-state index in [1.807, 2.05) is 31.5 Å². The molecule has 1 heterocycles. The lowest BCUT2D eigenvalue weighted by Gasteiger charge is -2.16. The van der Waals surface area contributed by atoms with Crippen molar-refractivity contribution in [3.8, 4) is 5.69 Å². The molecule has 0 saturated heterocycles. The van der Waals surface area contributed by atoms with Crippen LogP contribution in [0, 0.1) is 0 Å². The first-order valence-electron chi connectivity index (χ1n) is 6.37. The molecular formula is C15H20N2O. The number of rotatable bonds is 6. The van der Waals surface area contributed by atoms with Gasteiger partial charge < -0.3 is 14.6 Å². The van der Waals surface area contributed by atoms with E-state index in [1.165, 1.54) is 0 Å². The second-order valence-electron chi connectivity index (χ2n) is 4.35. The number of benzene rings is 1. The van der Waals surface area contributed by atoms with E-state index in [2.05, 4.69) is 41.1 Å². The van der Waals surface area contributed by atoms with Crippen LogP contribution in [0.1, 0.15) is 13.8 Å². The van der Waals surface area contributed by atoms with Gasteiger partial charge in [-0.15, -0.1) is 0 Å². The lowest BCUT2D eigenvalue weighted by atomic mass is 10.2. The van der Waals surface area contributed by atoms with E-state index in [9.17, 15) is 0 Å². The van der Waals surface area contributed by atoms with Gasteiger partial charge in [0.05, 0.1) is 6.61 Å². The molecule has 0 fully saturated rings. The van der Waals surface area contributed by atoms with Crippen LogP contribution in [0.3, 0.4) is 0 Å². The summed E-state index contributed by atoms with van der Waals surface area (Å²) in [6.45, 7) is 5.62. The molecular weight excluding hydrogens is 224 g/mol. The highest BCUT2D eigenvalue weighted by atomic mass is 16.5. The van der Waals surface area contributed by atoms with Gasteiger partial charge in [-0.1, -0.05) is 6.07 Å². The Hall–Kier alpha value is -1.74. The fraction of sp³-hybridized carbons (Fsp3) is 0.333. The minimum Gasteiger partial charge on any atom is -0.380 e. The van der Waals surface area contributed by atoms with Gasteiger partial charge in [0.25, 0.3) is 0 Å². The predicted molar refractivity (Wildman–Crippen MR) is 75.3 cm³/mol. The molecule has 2 aromatic rings. The fourth-order valence-electron chi connectivity index (χ4n) is 1.88. The molecule has 1 N–H and O–H groups in total. The van der Waals surface area contributed by atoms with E-state index in [4.69, 9.17) is 4.74 Å². The Balaban J connectivity index is 2.03. The summed E-state index contributed by atoms with van der Waals surface area (Å²) < 4.78 is 7.50. The minimum atomic E-state index is 0.310. The Morgan fingerprint density at radius 1 is 1.22 bits per heavy atom. The maximum Gasteiger partial charge on any atom is 0.0664 e. The number of aromatic nitrogens is 1. The molecule has 96 valence electrons. The molecule has 0 amide bonds. The lowest BCUT2D eigenvalue weighted by Crippen LogP contribution is -2.21. The Morgan fingerprint density at radius 2 is 2.00 bits per heavy atom. The van der Waals surface area contributed by atoms with Gasteiger partial charge in [0.2, 0.25) is 0 Å². The van der Waals surface area contributed by atoms with E-state index >= 15 is 0 Å². The van der Waals surface area contributed by atoms with Crippen molar-refractivity contribution in [1.29, 1.82) is 0 Å². The minimum absolute atomic E-state index is 0.310. The Labute approximate surface area is 108 Å². The average molecular weight is 244 g/mol. The van der Waals surface area contributed by atoms with E-state index in [1.54, 1.807) is 0 Å². The second kappa shape index (κ2) is 6.26. The first-order valence-corrected chi connectivity index (χ1v) is 6.37. The highest BCUT2D eigenvalue weighted by Gasteiger charge is 2.02. The Kier molecular flexibility index (Phi) is 4.42. The van der Waals surface area contributed by atoms with Crippen molar-refractivity contribution in [2.75, 3.05) is 18.5 Å². The number of hydrogen-bond acceptors (Lipinski definition) is 2. The molecule has 1 unspecified atom stereocenters. The lowest BCUT2D eigenvalue weighted by molar-refractivity contribution is 0.141. The van der Waals surface area contributed by atoms with Gasteiger partial charge in [0, 0.05) is 36.4 Å². The van der Waals surface area contributed by atoms with Crippen molar-refractivity contribution in [2.24, 2.45) is 0 Å². The van der Waals surface area contributed by atoms with Crippen LogP contribution in [0.25, 0.3) is 5.69 Å². The zero-order chi connectivity index (χ0) is 12.8. The van der Waals surface area contributed by atoms with Crippen LogP contribution in [-0.4, -0.2) is 23.8 Å². The molecule has 0 spiro atoms. The normalized spacial score (nSPS) is 12.3. The molecule has 3 nitrogen and oxygen atoms in total. The van der Waals surface area contributed by atoms with Crippen molar-refractivity contribution in [1.82, 2.24) is 4.57 Å². The topological polar surface area (TPSA) is 26.2 Å². The van der Waals surface area contributed by atoms with Crippen molar-refractivity contribution in [3.63, 3.8) is 0 Å². The zero-order valence-corrected chi connectivity index (χ0v) is 11.0. The maximum absolute atomic E-state index is 5.40. The van der Waals surface area contributed by atoms with Crippen LogP contribution in [0.2, 0.25) is 0 Å². The molecule has 0 aliphatic carbocycles. The van der Waals surface area contributed by atoms with Gasteiger partial charge >= 0.3 is 0 Å². The third-order valence-electron chi connectivity index (χ3n) is 2.73. The second-order valence-corrected chi connectivity index (χ2v) is 4.35. The number of anilines is 1. The molecule has 0 aliphatic heterocycles. The molecule has 1 aromatic heterocycles. The summed E-state index contributed by atoms with van der Waals surface area (Å²) in [5.41, 5.74) is 2.28. The number of hydrogen-bond donors (Lipinski definition) is 1. The van der Waals surface area contributed by atoms with Crippen molar-refractivity contribution in [3.05, 3.63) is 48.8 Å². The van der Waals surface area contributed by atoms with Gasteiger partial charge in [-0.05, 0) is 44.2 Å². The molecule has 0 saturated carbocycles. The van der Waals surface area contributed by atoms with Gasteiger partial charge in [-0.3, -0.25) is 0 Å². The van der Waals surface area contributed by atoms with E-state index < -0.39 is 0 Å². The van der Waals surface area contributed by atoms with Crippen LogP contribution < -0.4 is 5.32 Å². The summed E-state index contributed by atoms with van der Waals surface area (Å²) in [6, 6.07) is 12.7. The first kappa shape index (κ1) is 12.7. The average Bonchev–Trinajstić information content (AvgIpc) is 2.90. The maximum atomic E-state index is 5.40. The van der Waals surface area contributed by atoms with Gasteiger partial charge in [0.15, 0.2) is 0 Å². The van der Waals surface area contributed by atoms with Gasteiger partial charge in [-0.2, -0.15) is 0 Å². The van der Waals surface area contributed by atoms with Gasteiger partial charge in [-0.25, -0.2) is 0 Å². The summed E-state index contributed by atoms with van der Waals surface area (Å²) in [7, 11) is 0. The van der Waals surface area contributed by atoms with Crippen LogP contribution in [0.4, 0.5) is 5.69 Å².